The van der Waals surface area contributed by atoms with Gasteiger partial charge in [0.25, 0.3) is 0 Å². The molecule has 1 aliphatic carbocycles. The molecule has 3 rings (SSSR count). The number of para-hydroxylation sites is 1. The second-order valence-corrected chi connectivity index (χ2v) is 5.60. The van der Waals surface area contributed by atoms with Gasteiger partial charge in [-0.1, -0.05) is 25.8 Å². The van der Waals surface area contributed by atoms with Gasteiger partial charge < -0.3 is 9.67 Å². The number of aromatic carboxylic acids is 1. The second kappa shape index (κ2) is 5.27. The average Bonchev–Trinajstić information content (AvgIpc) is 3.19. The molecule has 0 bridgehead atoms. The zero-order chi connectivity index (χ0) is 14.1. The van der Waals surface area contributed by atoms with Crippen LogP contribution in [0, 0.1) is 5.92 Å². The van der Waals surface area contributed by atoms with Gasteiger partial charge in [-0.3, -0.25) is 0 Å². The normalized spacial score (nSPS) is 14.8. The van der Waals surface area contributed by atoms with Crippen molar-refractivity contribution in [3.8, 4) is 0 Å². The van der Waals surface area contributed by atoms with Crippen LogP contribution >= 0.6 is 0 Å². The summed E-state index contributed by atoms with van der Waals surface area (Å²) in [5.74, 6) is 1.03. The van der Waals surface area contributed by atoms with Crippen LogP contribution in [0.15, 0.2) is 18.2 Å². The molecule has 0 amide bonds. The van der Waals surface area contributed by atoms with Crippen LogP contribution in [0.25, 0.3) is 11.0 Å². The van der Waals surface area contributed by atoms with E-state index in [0.717, 1.165) is 42.2 Å². The van der Waals surface area contributed by atoms with E-state index in [-0.39, 0.29) is 0 Å². The molecule has 0 saturated heterocycles. The van der Waals surface area contributed by atoms with E-state index >= 15 is 0 Å². The number of imidazole rings is 1. The summed E-state index contributed by atoms with van der Waals surface area (Å²) in [4.78, 5) is 16.0. The van der Waals surface area contributed by atoms with Crippen molar-refractivity contribution in [3.05, 3.63) is 29.6 Å². The molecule has 0 radical (unpaired) electrons. The lowest BCUT2D eigenvalue weighted by Crippen LogP contribution is -2.07. The van der Waals surface area contributed by atoms with Crippen molar-refractivity contribution >= 4 is 17.0 Å². The van der Waals surface area contributed by atoms with Crippen LogP contribution < -0.4 is 0 Å². The number of carboxylic acids is 1. The van der Waals surface area contributed by atoms with Crippen molar-refractivity contribution in [2.75, 3.05) is 0 Å². The Bertz CT molecular complexity index is 641. The lowest BCUT2D eigenvalue weighted by molar-refractivity contribution is 0.0698. The maximum absolute atomic E-state index is 11.4. The van der Waals surface area contributed by atoms with E-state index < -0.39 is 5.97 Å². The molecule has 1 aromatic heterocycles. The predicted molar refractivity (Wildman–Crippen MR) is 78.0 cm³/mol. The molecule has 0 aliphatic heterocycles. The molecule has 4 nitrogen and oxygen atoms in total. The number of hydrogen-bond acceptors (Lipinski definition) is 2. The maximum Gasteiger partial charge on any atom is 0.337 e. The average molecular weight is 272 g/mol. The third-order valence-corrected chi connectivity index (χ3v) is 4.08. The number of carboxylic acid groups (broad SMARTS) is 1. The molecule has 4 heteroatoms. The van der Waals surface area contributed by atoms with Gasteiger partial charge in [0.1, 0.15) is 5.82 Å². The molecule has 2 aromatic rings. The minimum atomic E-state index is -0.874. The molecule has 20 heavy (non-hydrogen) atoms. The number of aryl methyl sites for hydroxylation is 2. The largest absolute Gasteiger partial charge is 0.478 e. The second-order valence-electron chi connectivity index (χ2n) is 5.60. The number of aromatic nitrogens is 2. The lowest BCUT2D eigenvalue weighted by atomic mass is 10.1. The molecule has 0 spiro atoms. The Morgan fingerprint density at radius 2 is 2.25 bits per heavy atom. The van der Waals surface area contributed by atoms with E-state index in [4.69, 9.17) is 0 Å². The number of carbonyl (C=O) groups is 1. The van der Waals surface area contributed by atoms with Crippen molar-refractivity contribution < 1.29 is 9.90 Å². The Morgan fingerprint density at radius 3 is 2.90 bits per heavy atom. The Hall–Kier alpha value is -1.84. The minimum Gasteiger partial charge on any atom is -0.478 e. The third kappa shape index (κ3) is 2.42. The van der Waals surface area contributed by atoms with Gasteiger partial charge in [0.05, 0.1) is 16.6 Å². The molecule has 106 valence electrons. The molecule has 1 fully saturated rings. The van der Waals surface area contributed by atoms with Crippen LogP contribution in [0.3, 0.4) is 0 Å². The van der Waals surface area contributed by atoms with Crippen LogP contribution in [0.1, 0.15) is 48.8 Å². The summed E-state index contributed by atoms with van der Waals surface area (Å²) in [6.45, 7) is 2.94. The molecule has 1 saturated carbocycles. The fourth-order valence-electron chi connectivity index (χ4n) is 2.86. The van der Waals surface area contributed by atoms with Crippen molar-refractivity contribution in [2.24, 2.45) is 5.92 Å². The van der Waals surface area contributed by atoms with E-state index in [1.54, 1.807) is 12.1 Å². The van der Waals surface area contributed by atoms with Gasteiger partial charge in [-0.25, -0.2) is 9.78 Å². The number of benzene rings is 1. The van der Waals surface area contributed by atoms with Gasteiger partial charge in [-0.15, -0.1) is 0 Å². The molecular formula is C16H20N2O2. The van der Waals surface area contributed by atoms with E-state index in [1.807, 2.05) is 6.07 Å². The number of rotatable bonds is 6. The number of fused-ring (bicyclic) bond motifs is 1. The summed E-state index contributed by atoms with van der Waals surface area (Å²) in [6.07, 6.45) is 5.92. The van der Waals surface area contributed by atoms with Crippen molar-refractivity contribution in [2.45, 2.75) is 45.6 Å². The predicted octanol–water partition coefficient (Wildman–Crippen LogP) is 3.49. The molecule has 0 unspecified atom stereocenters. The van der Waals surface area contributed by atoms with E-state index in [9.17, 15) is 9.90 Å². The first-order valence-corrected chi connectivity index (χ1v) is 7.42. The third-order valence-electron chi connectivity index (χ3n) is 4.08. The summed E-state index contributed by atoms with van der Waals surface area (Å²) in [5.41, 5.74) is 1.95. The fraction of sp³-hybridized carbons (Fsp3) is 0.500. The van der Waals surface area contributed by atoms with Crippen LogP contribution in [-0.4, -0.2) is 20.6 Å². The van der Waals surface area contributed by atoms with Crippen LogP contribution in [0.4, 0.5) is 0 Å². The van der Waals surface area contributed by atoms with Gasteiger partial charge in [0, 0.05) is 13.0 Å². The van der Waals surface area contributed by atoms with Gasteiger partial charge in [0.2, 0.25) is 0 Å². The maximum atomic E-state index is 11.4. The van der Waals surface area contributed by atoms with Crippen LogP contribution in [0.5, 0.6) is 0 Å². The summed E-state index contributed by atoms with van der Waals surface area (Å²) >= 11 is 0. The highest BCUT2D eigenvalue weighted by Crippen LogP contribution is 2.34. The van der Waals surface area contributed by atoms with Crippen LogP contribution in [-0.2, 0) is 13.0 Å². The summed E-state index contributed by atoms with van der Waals surface area (Å²) in [5, 5.41) is 9.37. The Labute approximate surface area is 118 Å². The quantitative estimate of drug-likeness (QED) is 0.875. The van der Waals surface area contributed by atoms with Gasteiger partial charge >= 0.3 is 5.97 Å². The summed E-state index contributed by atoms with van der Waals surface area (Å²) in [7, 11) is 0. The fourth-order valence-corrected chi connectivity index (χ4v) is 2.86. The zero-order valence-corrected chi connectivity index (χ0v) is 11.8. The topological polar surface area (TPSA) is 55.1 Å². The molecule has 1 aliphatic rings. The monoisotopic (exact) mass is 272 g/mol. The van der Waals surface area contributed by atoms with E-state index in [0.29, 0.717) is 5.56 Å². The Kier molecular flexibility index (Phi) is 3.47. The number of hydrogen-bond donors (Lipinski definition) is 1. The zero-order valence-electron chi connectivity index (χ0n) is 11.8. The number of nitrogens with zero attached hydrogens (tertiary/aromatic N) is 2. The summed E-state index contributed by atoms with van der Waals surface area (Å²) < 4.78 is 2.11. The molecule has 1 N–H and O–H groups in total. The molecule has 0 atom stereocenters. The highest BCUT2D eigenvalue weighted by atomic mass is 16.4. The Morgan fingerprint density at radius 1 is 1.45 bits per heavy atom. The molecular weight excluding hydrogens is 252 g/mol. The van der Waals surface area contributed by atoms with E-state index in [2.05, 4.69) is 16.5 Å². The van der Waals surface area contributed by atoms with Crippen molar-refractivity contribution in [3.63, 3.8) is 0 Å². The molecule has 1 aromatic carbocycles. The smallest absolute Gasteiger partial charge is 0.337 e. The lowest BCUT2D eigenvalue weighted by Gasteiger charge is -2.09. The highest BCUT2D eigenvalue weighted by Gasteiger charge is 2.21. The molecule has 1 heterocycles. The Balaban J connectivity index is 1.98. The first-order chi connectivity index (χ1) is 9.70. The van der Waals surface area contributed by atoms with Crippen LogP contribution in [0.2, 0.25) is 0 Å². The SMILES string of the molecule is CCc1nc2cccc(C(=O)O)c2n1CCCC1CC1. The van der Waals surface area contributed by atoms with Gasteiger partial charge in [0.15, 0.2) is 0 Å². The van der Waals surface area contributed by atoms with E-state index in [1.165, 1.54) is 19.3 Å². The summed E-state index contributed by atoms with van der Waals surface area (Å²) in [6, 6.07) is 5.34. The first-order valence-electron chi connectivity index (χ1n) is 7.42. The van der Waals surface area contributed by atoms with Gasteiger partial charge in [-0.2, -0.15) is 0 Å². The first kappa shape index (κ1) is 13.2. The van der Waals surface area contributed by atoms with Crippen molar-refractivity contribution in [1.29, 1.82) is 0 Å². The highest BCUT2D eigenvalue weighted by molar-refractivity contribution is 6.01. The standard InChI is InChI=1S/C16H20N2O2/c1-2-14-17-13-7-3-6-12(16(19)20)15(13)18(14)10-4-5-11-8-9-11/h3,6-7,11H,2,4-5,8-10H2,1H3,(H,19,20). The van der Waals surface area contributed by atoms with Crippen molar-refractivity contribution in [1.82, 2.24) is 9.55 Å². The minimum absolute atomic E-state index is 0.362. The van der Waals surface area contributed by atoms with Gasteiger partial charge in [-0.05, 0) is 30.9 Å².